The zero-order chi connectivity index (χ0) is 12.5. The van der Waals surface area contributed by atoms with Crippen molar-refractivity contribution in [3.8, 4) is 10.6 Å². The smallest absolute Gasteiger partial charge is 0.147 e. The van der Waals surface area contributed by atoms with E-state index in [1.165, 1.54) is 12.8 Å². The molecular weight excluding hydrogens is 378 g/mol. The van der Waals surface area contributed by atoms with Crippen LogP contribution in [0.2, 0.25) is 0 Å². The summed E-state index contributed by atoms with van der Waals surface area (Å²) in [6.07, 6.45) is 2.59. The number of halogens is 2. The van der Waals surface area contributed by atoms with Crippen molar-refractivity contribution in [3.63, 3.8) is 0 Å². The Morgan fingerprint density at radius 2 is 1.89 bits per heavy atom. The molecule has 0 spiro atoms. The van der Waals surface area contributed by atoms with Crippen LogP contribution >= 0.6 is 43.2 Å². The maximum absolute atomic E-state index is 4.25. The molecule has 3 rings (SSSR count). The Morgan fingerprint density at radius 3 is 2.56 bits per heavy atom. The van der Waals surface area contributed by atoms with E-state index in [-0.39, 0.29) is 0 Å². The third-order valence-corrected chi connectivity index (χ3v) is 4.58. The predicted molar refractivity (Wildman–Crippen MR) is 80.6 cm³/mol. The third kappa shape index (κ3) is 3.17. The van der Waals surface area contributed by atoms with Gasteiger partial charge < -0.3 is 5.32 Å². The summed E-state index contributed by atoms with van der Waals surface area (Å²) in [4.78, 5) is 0. The summed E-state index contributed by atoms with van der Waals surface area (Å²) >= 11 is 8.63. The molecule has 0 atom stereocenters. The van der Waals surface area contributed by atoms with Gasteiger partial charge in [-0.1, -0.05) is 43.2 Å². The van der Waals surface area contributed by atoms with Gasteiger partial charge in [0.1, 0.15) is 10.0 Å². The van der Waals surface area contributed by atoms with E-state index >= 15 is 0 Å². The molecule has 1 N–H and O–H groups in total. The molecule has 1 aromatic carbocycles. The van der Waals surface area contributed by atoms with Crippen LogP contribution in [0.25, 0.3) is 10.6 Å². The Labute approximate surface area is 126 Å². The fraction of sp³-hybridized carbons (Fsp3) is 0.333. The van der Waals surface area contributed by atoms with Crippen LogP contribution in [0.5, 0.6) is 0 Å². The first-order chi connectivity index (χ1) is 8.70. The highest BCUT2D eigenvalue weighted by Crippen LogP contribution is 2.30. The first-order valence-corrected chi connectivity index (χ1v) is 8.13. The zero-order valence-corrected chi connectivity index (χ0v) is 13.5. The largest absolute Gasteiger partial charge is 0.308 e. The van der Waals surface area contributed by atoms with E-state index in [0.717, 1.165) is 31.1 Å². The molecule has 0 unspecified atom stereocenters. The number of hydrogen-bond acceptors (Lipinski definition) is 4. The molecule has 1 aromatic heterocycles. The van der Waals surface area contributed by atoms with Gasteiger partial charge in [0.2, 0.25) is 0 Å². The quantitative estimate of drug-likeness (QED) is 0.860. The SMILES string of the molecule is Brc1cc(Br)cc(-c2nnc(CNC3CC3)s2)c1. The van der Waals surface area contributed by atoms with Gasteiger partial charge >= 0.3 is 0 Å². The fourth-order valence-electron chi connectivity index (χ4n) is 1.64. The molecule has 18 heavy (non-hydrogen) atoms. The van der Waals surface area contributed by atoms with Crippen molar-refractivity contribution in [2.75, 3.05) is 0 Å². The first-order valence-electron chi connectivity index (χ1n) is 5.73. The number of nitrogens with zero attached hydrogens (tertiary/aromatic N) is 2. The van der Waals surface area contributed by atoms with Gasteiger partial charge in [-0.3, -0.25) is 0 Å². The van der Waals surface area contributed by atoms with Crippen LogP contribution < -0.4 is 5.32 Å². The van der Waals surface area contributed by atoms with Gasteiger partial charge in [-0.05, 0) is 31.0 Å². The van der Waals surface area contributed by atoms with Gasteiger partial charge in [0.15, 0.2) is 0 Å². The molecule has 0 aliphatic heterocycles. The van der Waals surface area contributed by atoms with Crippen molar-refractivity contribution >= 4 is 43.2 Å². The number of rotatable bonds is 4. The monoisotopic (exact) mass is 387 g/mol. The molecule has 6 heteroatoms. The highest BCUT2D eigenvalue weighted by atomic mass is 79.9. The standard InChI is InChI=1S/C12H11Br2N3S/c13-8-3-7(4-9(14)5-8)12-17-16-11(18-12)6-15-10-1-2-10/h3-5,10,15H,1-2,6H2. The van der Waals surface area contributed by atoms with Crippen molar-refractivity contribution in [2.45, 2.75) is 25.4 Å². The average Bonchev–Trinajstić information content (AvgIpc) is 3.02. The number of aromatic nitrogens is 2. The van der Waals surface area contributed by atoms with Crippen LogP contribution in [-0.4, -0.2) is 16.2 Å². The van der Waals surface area contributed by atoms with Gasteiger partial charge in [0, 0.05) is 27.1 Å². The van der Waals surface area contributed by atoms with E-state index in [1.54, 1.807) is 11.3 Å². The molecule has 1 fully saturated rings. The van der Waals surface area contributed by atoms with Crippen LogP contribution in [0.1, 0.15) is 17.8 Å². The molecule has 0 radical (unpaired) electrons. The fourth-order valence-corrected chi connectivity index (χ4v) is 3.71. The average molecular weight is 389 g/mol. The van der Waals surface area contributed by atoms with Gasteiger partial charge in [-0.15, -0.1) is 10.2 Å². The van der Waals surface area contributed by atoms with Crippen molar-refractivity contribution in [1.82, 2.24) is 15.5 Å². The minimum absolute atomic E-state index is 0.706. The Hall–Kier alpha value is -0.300. The van der Waals surface area contributed by atoms with Crippen LogP contribution in [0, 0.1) is 0 Å². The van der Waals surface area contributed by atoms with E-state index in [9.17, 15) is 0 Å². The molecule has 3 nitrogen and oxygen atoms in total. The van der Waals surface area contributed by atoms with Gasteiger partial charge in [-0.2, -0.15) is 0 Å². The van der Waals surface area contributed by atoms with Crippen molar-refractivity contribution < 1.29 is 0 Å². The van der Waals surface area contributed by atoms with Crippen LogP contribution in [0.3, 0.4) is 0 Å². The topological polar surface area (TPSA) is 37.8 Å². The van der Waals surface area contributed by atoms with Crippen molar-refractivity contribution in [1.29, 1.82) is 0 Å². The highest BCUT2D eigenvalue weighted by Gasteiger charge is 2.20. The van der Waals surface area contributed by atoms with Gasteiger partial charge in [0.05, 0.1) is 0 Å². The van der Waals surface area contributed by atoms with Crippen LogP contribution in [0.4, 0.5) is 0 Å². The summed E-state index contributed by atoms with van der Waals surface area (Å²) in [5.74, 6) is 0. The first kappa shape index (κ1) is 12.7. The Bertz CT molecular complexity index is 546. The van der Waals surface area contributed by atoms with E-state index in [0.29, 0.717) is 6.04 Å². The lowest BCUT2D eigenvalue weighted by molar-refractivity contribution is 0.679. The van der Waals surface area contributed by atoms with Crippen molar-refractivity contribution in [2.24, 2.45) is 0 Å². The second kappa shape index (κ2) is 5.36. The summed E-state index contributed by atoms with van der Waals surface area (Å²) in [5.41, 5.74) is 1.09. The molecule has 0 saturated heterocycles. The lowest BCUT2D eigenvalue weighted by Gasteiger charge is -1.98. The summed E-state index contributed by atoms with van der Waals surface area (Å²) < 4.78 is 2.08. The molecule has 1 heterocycles. The predicted octanol–water partition coefficient (Wildman–Crippen LogP) is 3.98. The Morgan fingerprint density at radius 1 is 1.17 bits per heavy atom. The Balaban J connectivity index is 1.78. The van der Waals surface area contributed by atoms with E-state index < -0.39 is 0 Å². The number of benzene rings is 1. The molecular formula is C12H11Br2N3S. The lowest BCUT2D eigenvalue weighted by Crippen LogP contribution is -2.14. The van der Waals surface area contributed by atoms with Crippen LogP contribution in [-0.2, 0) is 6.54 Å². The second-order valence-electron chi connectivity index (χ2n) is 4.31. The molecule has 94 valence electrons. The molecule has 1 saturated carbocycles. The summed E-state index contributed by atoms with van der Waals surface area (Å²) in [6, 6.07) is 6.84. The van der Waals surface area contributed by atoms with Gasteiger partial charge in [0.25, 0.3) is 0 Å². The summed E-state index contributed by atoms with van der Waals surface area (Å²) in [5, 5.41) is 13.9. The highest BCUT2D eigenvalue weighted by molar-refractivity contribution is 9.11. The van der Waals surface area contributed by atoms with Crippen molar-refractivity contribution in [3.05, 3.63) is 32.2 Å². The maximum Gasteiger partial charge on any atom is 0.147 e. The minimum Gasteiger partial charge on any atom is -0.308 e. The maximum atomic E-state index is 4.25. The van der Waals surface area contributed by atoms with Crippen LogP contribution in [0.15, 0.2) is 27.1 Å². The minimum atomic E-state index is 0.706. The molecule has 1 aliphatic rings. The molecule has 1 aliphatic carbocycles. The van der Waals surface area contributed by atoms with E-state index in [2.05, 4.69) is 59.5 Å². The van der Waals surface area contributed by atoms with Gasteiger partial charge in [-0.25, -0.2) is 0 Å². The number of nitrogens with one attached hydrogen (secondary N) is 1. The molecule has 0 amide bonds. The summed E-state index contributed by atoms with van der Waals surface area (Å²) in [7, 11) is 0. The number of hydrogen-bond donors (Lipinski definition) is 1. The van der Waals surface area contributed by atoms with E-state index in [1.807, 2.05) is 6.07 Å². The normalized spacial score (nSPS) is 15.0. The zero-order valence-electron chi connectivity index (χ0n) is 9.49. The molecule has 2 aromatic rings. The lowest BCUT2D eigenvalue weighted by atomic mass is 10.2. The third-order valence-electron chi connectivity index (χ3n) is 2.70. The van der Waals surface area contributed by atoms with E-state index in [4.69, 9.17) is 0 Å². The Kier molecular flexibility index (Phi) is 3.79. The molecule has 0 bridgehead atoms. The second-order valence-corrected chi connectivity index (χ2v) is 7.21. The summed E-state index contributed by atoms with van der Waals surface area (Å²) in [6.45, 7) is 0.831.